The first-order valence-corrected chi connectivity index (χ1v) is 12.0. The Hall–Kier alpha value is -2.18. The molecule has 0 unspecified atom stereocenters. The zero-order valence-electron chi connectivity index (χ0n) is 19.4. The molecule has 4 rings (SSSR count). The van der Waals surface area contributed by atoms with Gasteiger partial charge in [0, 0.05) is 49.7 Å². The second kappa shape index (κ2) is 9.75. The number of aryl methyl sites for hydroxylation is 1. The maximum Gasteiger partial charge on any atom is 0.220 e. The van der Waals surface area contributed by atoms with Crippen molar-refractivity contribution >= 4 is 5.91 Å². The summed E-state index contributed by atoms with van der Waals surface area (Å²) in [6.07, 6.45) is 9.05. The molecule has 174 valence electrons. The normalized spacial score (nSPS) is 29.7. The van der Waals surface area contributed by atoms with E-state index in [1.807, 2.05) is 23.0 Å². The van der Waals surface area contributed by atoms with Crippen molar-refractivity contribution in [2.75, 3.05) is 6.54 Å². The van der Waals surface area contributed by atoms with Crippen LogP contribution in [0.5, 0.6) is 0 Å². The Morgan fingerprint density at radius 2 is 2.00 bits per heavy atom. The van der Waals surface area contributed by atoms with Gasteiger partial charge in [0.15, 0.2) is 0 Å². The lowest BCUT2D eigenvalue weighted by atomic mass is 9.73. The van der Waals surface area contributed by atoms with Gasteiger partial charge in [-0.25, -0.2) is 0 Å². The summed E-state index contributed by atoms with van der Waals surface area (Å²) < 4.78 is 8.28. The molecule has 2 fully saturated rings. The first-order valence-electron chi connectivity index (χ1n) is 12.0. The smallest absolute Gasteiger partial charge is 0.220 e. The second-order valence-electron chi connectivity index (χ2n) is 10.2. The molecule has 2 aromatic rings. The number of nitrogens with zero attached hydrogens (tertiary/aromatic N) is 2. The van der Waals surface area contributed by atoms with Crippen LogP contribution >= 0.6 is 0 Å². The van der Waals surface area contributed by atoms with E-state index >= 15 is 0 Å². The summed E-state index contributed by atoms with van der Waals surface area (Å²) in [5.74, 6) is 0.255. The molecule has 0 radical (unpaired) electrons. The minimum Gasteiger partial charge on any atom is -0.393 e. The first kappa shape index (κ1) is 23.0. The van der Waals surface area contributed by atoms with Crippen LogP contribution in [0.1, 0.15) is 64.4 Å². The highest BCUT2D eigenvalue weighted by Gasteiger charge is 2.46. The summed E-state index contributed by atoms with van der Waals surface area (Å²) in [7, 11) is 0. The second-order valence-corrected chi connectivity index (χ2v) is 10.2. The number of nitrogens with one attached hydrogen (secondary N) is 1. The number of benzene rings is 1. The summed E-state index contributed by atoms with van der Waals surface area (Å²) >= 11 is 0. The summed E-state index contributed by atoms with van der Waals surface area (Å²) in [4.78, 5) is 12.7. The number of rotatable bonds is 7. The molecular formula is C26H37N3O3. The lowest BCUT2D eigenvalue weighted by Gasteiger charge is -2.43. The van der Waals surface area contributed by atoms with Gasteiger partial charge in [0.1, 0.15) is 0 Å². The van der Waals surface area contributed by atoms with E-state index in [-0.39, 0.29) is 35.0 Å². The number of carbonyl (C=O) groups excluding carboxylic acids is 1. The maximum absolute atomic E-state index is 12.7. The Labute approximate surface area is 191 Å². The minimum atomic E-state index is -0.327. The van der Waals surface area contributed by atoms with Crippen molar-refractivity contribution in [1.82, 2.24) is 15.1 Å². The Kier molecular flexibility index (Phi) is 7.01. The van der Waals surface area contributed by atoms with E-state index in [0.717, 1.165) is 38.6 Å². The number of ether oxygens (including phenoxy) is 1. The van der Waals surface area contributed by atoms with E-state index in [0.29, 0.717) is 19.4 Å². The minimum absolute atomic E-state index is 0.0732. The molecule has 2 aliphatic rings. The fourth-order valence-electron chi connectivity index (χ4n) is 5.64. The third kappa shape index (κ3) is 5.41. The van der Waals surface area contributed by atoms with E-state index < -0.39 is 0 Å². The zero-order valence-corrected chi connectivity index (χ0v) is 19.4. The van der Waals surface area contributed by atoms with Gasteiger partial charge in [0.2, 0.25) is 5.91 Å². The van der Waals surface area contributed by atoms with Gasteiger partial charge >= 0.3 is 0 Å². The fraction of sp³-hybridized carbons (Fsp3) is 0.615. The largest absolute Gasteiger partial charge is 0.393 e. The summed E-state index contributed by atoms with van der Waals surface area (Å²) in [5, 5.41) is 18.3. The van der Waals surface area contributed by atoms with Crippen LogP contribution in [0.15, 0.2) is 48.8 Å². The Bertz CT molecular complexity index is 868. The molecular weight excluding hydrogens is 402 g/mol. The quantitative estimate of drug-likeness (QED) is 0.687. The molecule has 0 spiro atoms. The number of aliphatic hydroxyl groups excluding tert-OH is 1. The molecule has 2 N–H and O–H groups in total. The first-order chi connectivity index (χ1) is 15.4. The van der Waals surface area contributed by atoms with Crippen LogP contribution in [0.25, 0.3) is 0 Å². The van der Waals surface area contributed by atoms with Crippen molar-refractivity contribution in [3.8, 4) is 0 Å². The third-order valence-corrected chi connectivity index (χ3v) is 7.37. The topological polar surface area (TPSA) is 76.4 Å². The number of aliphatic hydroxyl groups is 1. The summed E-state index contributed by atoms with van der Waals surface area (Å²) in [5.41, 5.74) is 0.844. The van der Waals surface area contributed by atoms with Crippen molar-refractivity contribution in [1.29, 1.82) is 0 Å². The van der Waals surface area contributed by atoms with Gasteiger partial charge in [-0.3, -0.25) is 9.48 Å². The Morgan fingerprint density at radius 1 is 1.22 bits per heavy atom. The highest BCUT2D eigenvalue weighted by molar-refractivity contribution is 5.76. The molecule has 2 heterocycles. The van der Waals surface area contributed by atoms with Gasteiger partial charge in [0.05, 0.1) is 17.8 Å². The van der Waals surface area contributed by atoms with Crippen LogP contribution in [0, 0.1) is 5.92 Å². The van der Waals surface area contributed by atoms with Crippen molar-refractivity contribution in [3.63, 3.8) is 0 Å². The summed E-state index contributed by atoms with van der Waals surface area (Å²) in [6, 6.07) is 12.5. The molecule has 1 saturated carbocycles. The molecule has 1 aliphatic heterocycles. The van der Waals surface area contributed by atoms with Crippen LogP contribution in [0.3, 0.4) is 0 Å². The molecule has 1 aromatic carbocycles. The van der Waals surface area contributed by atoms with Crippen molar-refractivity contribution in [2.24, 2.45) is 5.92 Å². The van der Waals surface area contributed by atoms with E-state index in [4.69, 9.17) is 4.74 Å². The zero-order chi connectivity index (χ0) is 22.6. The molecule has 1 aliphatic carbocycles. The highest BCUT2D eigenvalue weighted by Crippen LogP contribution is 2.45. The highest BCUT2D eigenvalue weighted by atomic mass is 16.5. The third-order valence-electron chi connectivity index (χ3n) is 7.37. The monoisotopic (exact) mass is 439 g/mol. The number of hydrogen-bond acceptors (Lipinski definition) is 4. The predicted octanol–water partition coefficient (Wildman–Crippen LogP) is 3.84. The average molecular weight is 440 g/mol. The van der Waals surface area contributed by atoms with Gasteiger partial charge in [-0.05, 0) is 57.6 Å². The molecule has 4 atom stereocenters. The van der Waals surface area contributed by atoms with Gasteiger partial charge in [-0.2, -0.15) is 5.10 Å². The molecule has 32 heavy (non-hydrogen) atoms. The van der Waals surface area contributed by atoms with Crippen molar-refractivity contribution in [3.05, 3.63) is 54.4 Å². The van der Waals surface area contributed by atoms with Gasteiger partial charge < -0.3 is 15.2 Å². The Morgan fingerprint density at radius 3 is 2.75 bits per heavy atom. The molecule has 1 saturated heterocycles. The van der Waals surface area contributed by atoms with Crippen LogP contribution in [-0.2, 0) is 21.5 Å². The molecule has 1 amide bonds. The van der Waals surface area contributed by atoms with Crippen LogP contribution in [0.2, 0.25) is 0 Å². The summed E-state index contributed by atoms with van der Waals surface area (Å²) in [6.45, 7) is 5.52. The maximum atomic E-state index is 12.7. The van der Waals surface area contributed by atoms with Gasteiger partial charge in [-0.15, -0.1) is 0 Å². The van der Waals surface area contributed by atoms with Crippen molar-refractivity contribution in [2.45, 2.75) is 88.6 Å². The lowest BCUT2D eigenvalue weighted by molar-refractivity contribution is -0.178. The van der Waals surface area contributed by atoms with Crippen LogP contribution in [-0.4, -0.2) is 45.1 Å². The predicted molar refractivity (Wildman–Crippen MR) is 124 cm³/mol. The van der Waals surface area contributed by atoms with Gasteiger partial charge in [-0.1, -0.05) is 30.3 Å². The SMILES string of the molecule is CC1(C)C[C@H](O)[C@H]2CC[C@](CNC(=O)CCCn3cccn3)(c3ccccc3)CC[C@@H]2O1. The number of amides is 1. The molecule has 6 nitrogen and oxygen atoms in total. The van der Waals surface area contributed by atoms with E-state index in [1.165, 1.54) is 5.56 Å². The van der Waals surface area contributed by atoms with E-state index in [2.05, 4.69) is 48.5 Å². The molecule has 6 heteroatoms. The van der Waals surface area contributed by atoms with Gasteiger partial charge in [0.25, 0.3) is 0 Å². The average Bonchev–Trinajstić information content (AvgIpc) is 3.20. The Balaban J connectivity index is 1.43. The van der Waals surface area contributed by atoms with Crippen LogP contribution in [0.4, 0.5) is 0 Å². The van der Waals surface area contributed by atoms with E-state index in [9.17, 15) is 9.90 Å². The van der Waals surface area contributed by atoms with Crippen LogP contribution < -0.4 is 5.32 Å². The number of fused-ring (bicyclic) bond motifs is 1. The fourth-order valence-corrected chi connectivity index (χ4v) is 5.64. The number of aromatic nitrogens is 2. The number of hydrogen-bond donors (Lipinski definition) is 2. The standard InChI is InChI=1S/C26H37N3O3/c1-25(2)18-22(30)21-11-13-26(14-12-23(21)32-25,20-8-4-3-5-9-20)19-27-24(31)10-6-16-29-17-7-15-28-29/h3-5,7-9,15,17,21-23,30H,6,10-14,16,18-19H2,1-2H3,(H,27,31)/t21-,22+,23+,26+/m1/s1. The van der Waals surface area contributed by atoms with Crippen molar-refractivity contribution < 1.29 is 14.6 Å². The molecule has 1 aromatic heterocycles. The molecule has 0 bridgehead atoms. The lowest BCUT2D eigenvalue weighted by Crippen LogP contribution is -2.48. The van der Waals surface area contributed by atoms with E-state index in [1.54, 1.807) is 6.20 Å². The number of carbonyl (C=O) groups is 1.